The molecule has 0 aromatic carbocycles. The third-order valence-corrected chi connectivity index (χ3v) is 4.04. The largest absolute Gasteiger partial charge is 0.299 e. The van der Waals surface area contributed by atoms with Crippen LogP contribution in [0.3, 0.4) is 0 Å². The Kier molecular flexibility index (Phi) is 3.49. The van der Waals surface area contributed by atoms with Crippen LogP contribution in [-0.4, -0.2) is 31.0 Å². The van der Waals surface area contributed by atoms with Crippen LogP contribution in [0.1, 0.15) is 14.5 Å². The molecule has 2 heterocycles. The fourth-order valence-electron chi connectivity index (χ4n) is 1.39. The highest BCUT2D eigenvalue weighted by Gasteiger charge is 2.14. The topological polar surface area (TPSA) is 64.8 Å². The minimum absolute atomic E-state index is 0.0189. The first-order chi connectivity index (χ1) is 8.08. The second-order valence-corrected chi connectivity index (χ2v) is 6.09. The Hall–Kier alpha value is -1.34. The van der Waals surface area contributed by atoms with Gasteiger partial charge in [-0.3, -0.25) is 13.6 Å². The van der Waals surface area contributed by atoms with Gasteiger partial charge in [0, 0.05) is 11.1 Å². The molecule has 0 N–H and O–H groups in total. The predicted molar refractivity (Wildman–Crippen MR) is 65.7 cm³/mol. The van der Waals surface area contributed by atoms with E-state index < -0.39 is 10.8 Å². The van der Waals surface area contributed by atoms with E-state index in [-0.39, 0.29) is 12.3 Å². The van der Waals surface area contributed by atoms with E-state index in [9.17, 15) is 9.00 Å². The van der Waals surface area contributed by atoms with Crippen molar-refractivity contribution in [3.63, 3.8) is 0 Å². The van der Waals surface area contributed by atoms with Crippen LogP contribution in [0.25, 0.3) is 0 Å². The lowest BCUT2D eigenvalue weighted by Crippen LogP contribution is -2.12. The summed E-state index contributed by atoms with van der Waals surface area (Å²) in [5.41, 5.74) is 0. The molecule has 17 heavy (non-hydrogen) atoms. The molecular formula is C10H11N3O2S2. The maximum absolute atomic E-state index is 11.9. The van der Waals surface area contributed by atoms with Crippen LogP contribution in [0.2, 0.25) is 0 Å². The van der Waals surface area contributed by atoms with Crippen LogP contribution >= 0.6 is 11.3 Å². The van der Waals surface area contributed by atoms with Crippen LogP contribution in [0, 0.1) is 6.92 Å². The van der Waals surface area contributed by atoms with Crippen LogP contribution < -0.4 is 0 Å². The number of rotatable bonds is 4. The van der Waals surface area contributed by atoms with Gasteiger partial charge in [0.25, 0.3) is 0 Å². The molecule has 0 aliphatic heterocycles. The van der Waals surface area contributed by atoms with Gasteiger partial charge in [-0.05, 0) is 19.1 Å². The van der Waals surface area contributed by atoms with Crippen molar-refractivity contribution >= 4 is 27.9 Å². The molecule has 5 nitrogen and oxygen atoms in total. The van der Waals surface area contributed by atoms with Crippen LogP contribution in [0.15, 0.2) is 23.6 Å². The highest BCUT2D eigenvalue weighted by molar-refractivity contribution is 7.84. The van der Waals surface area contributed by atoms with E-state index in [0.717, 1.165) is 4.88 Å². The third kappa shape index (κ3) is 2.67. The lowest BCUT2D eigenvalue weighted by Gasteiger charge is -2.02. The summed E-state index contributed by atoms with van der Waals surface area (Å²) >= 11 is 1.45. The molecule has 0 spiro atoms. The predicted octanol–water partition coefficient (Wildman–Crippen LogP) is 1.27. The first kappa shape index (κ1) is 12.1. The number of carbonyl (C=O) groups is 1. The molecule has 0 aliphatic rings. The Balaban J connectivity index is 2.18. The molecule has 2 aromatic heterocycles. The van der Waals surface area contributed by atoms with E-state index in [1.807, 2.05) is 13.0 Å². The fraction of sp³-hybridized carbons (Fsp3) is 0.300. The smallest absolute Gasteiger partial charge is 0.221 e. The first-order valence-electron chi connectivity index (χ1n) is 4.89. The van der Waals surface area contributed by atoms with Gasteiger partial charge in [-0.1, -0.05) is 0 Å². The van der Waals surface area contributed by atoms with Crippen molar-refractivity contribution in [1.29, 1.82) is 0 Å². The molecule has 0 fully saturated rings. The number of hydrogen-bond donors (Lipinski definition) is 0. The number of hydrogen-bond acceptors (Lipinski definition) is 5. The summed E-state index contributed by atoms with van der Waals surface area (Å²) in [5, 5.41) is 7.72. The van der Waals surface area contributed by atoms with Gasteiger partial charge in [0.05, 0.1) is 22.2 Å². The molecule has 0 bridgehead atoms. The van der Waals surface area contributed by atoms with Gasteiger partial charge in [-0.15, -0.1) is 21.5 Å². The zero-order chi connectivity index (χ0) is 12.4. The minimum Gasteiger partial charge on any atom is -0.299 e. The van der Waals surface area contributed by atoms with Crippen molar-refractivity contribution < 1.29 is 9.00 Å². The fourth-order valence-corrected chi connectivity index (χ4v) is 2.79. The molecule has 2 aromatic rings. The monoisotopic (exact) mass is 269 g/mol. The van der Waals surface area contributed by atoms with Crippen LogP contribution in [-0.2, 0) is 17.3 Å². The van der Waals surface area contributed by atoms with Crippen molar-refractivity contribution in [2.45, 2.75) is 18.6 Å². The Labute approximate surface area is 105 Å². The highest BCUT2D eigenvalue weighted by Crippen LogP contribution is 2.16. The minimum atomic E-state index is -1.24. The maximum Gasteiger partial charge on any atom is 0.221 e. The number of aryl methyl sites for hydroxylation is 1. The zero-order valence-electron chi connectivity index (χ0n) is 9.41. The summed E-state index contributed by atoms with van der Waals surface area (Å²) in [6, 6.07) is 3.71. The average Bonchev–Trinajstić information content (AvgIpc) is 2.86. The molecule has 1 unspecified atom stereocenters. The number of carbonyl (C=O) groups excluding carboxylic acids is 1. The van der Waals surface area contributed by atoms with Crippen molar-refractivity contribution in [2.75, 3.05) is 6.26 Å². The van der Waals surface area contributed by atoms with E-state index in [2.05, 4.69) is 10.2 Å². The summed E-state index contributed by atoms with van der Waals surface area (Å²) in [6.45, 7) is 2.08. The van der Waals surface area contributed by atoms with E-state index in [4.69, 9.17) is 0 Å². The van der Waals surface area contributed by atoms with Crippen LogP contribution in [0.5, 0.6) is 0 Å². The molecule has 0 saturated carbocycles. The van der Waals surface area contributed by atoms with Gasteiger partial charge in [0.1, 0.15) is 6.33 Å². The Morgan fingerprint density at radius 1 is 1.53 bits per heavy atom. The zero-order valence-corrected chi connectivity index (χ0v) is 11.0. The number of ketones is 1. The Bertz CT molecular complexity index is 574. The van der Waals surface area contributed by atoms with E-state index in [1.165, 1.54) is 28.5 Å². The van der Waals surface area contributed by atoms with E-state index in [0.29, 0.717) is 10.0 Å². The second-order valence-electron chi connectivity index (χ2n) is 3.53. The van der Waals surface area contributed by atoms with Crippen molar-refractivity contribution in [2.24, 2.45) is 0 Å². The lowest BCUT2D eigenvalue weighted by molar-refractivity contribution is 0.0973. The SMILES string of the molecule is Cc1ccc(C(=O)Cn2cnnc2S(C)=O)s1. The number of aromatic nitrogens is 3. The van der Waals surface area contributed by atoms with Gasteiger partial charge in [0.15, 0.2) is 5.78 Å². The summed E-state index contributed by atoms with van der Waals surface area (Å²) < 4.78 is 12.8. The molecule has 2 rings (SSSR count). The van der Waals surface area contributed by atoms with Gasteiger partial charge < -0.3 is 0 Å². The van der Waals surface area contributed by atoms with Crippen molar-refractivity contribution in [3.8, 4) is 0 Å². The summed E-state index contributed by atoms with van der Waals surface area (Å²) in [5.74, 6) is -0.0189. The molecule has 1 atom stereocenters. The van der Waals surface area contributed by atoms with Crippen molar-refractivity contribution in [3.05, 3.63) is 28.2 Å². The maximum atomic E-state index is 11.9. The first-order valence-corrected chi connectivity index (χ1v) is 7.26. The molecule has 7 heteroatoms. The molecular weight excluding hydrogens is 258 g/mol. The number of thiophene rings is 1. The quantitative estimate of drug-likeness (QED) is 0.784. The van der Waals surface area contributed by atoms with Gasteiger partial charge in [-0.2, -0.15) is 0 Å². The second kappa shape index (κ2) is 4.89. The lowest BCUT2D eigenvalue weighted by atomic mass is 10.3. The third-order valence-electron chi connectivity index (χ3n) is 2.17. The summed E-state index contributed by atoms with van der Waals surface area (Å²) in [7, 11) is -1.24. The van der Waals surface area contributed by atoms with E-state index in [1.54, 1.807) is 6.07 Å². The van der Waals surface area contributed by atoms with E-state index >= 15 is 0 Å². The highest BCUT2D eigenvalue weighted by atomic mass is 32.2. The molecule has 0 aliphatic carbocycles. The molecule has 0 amide bonds. The Morgan fingerprint density at radius 2 is 2.29 bits per heavy atom. The van der Waals surface area contributed by atoms with Crippen LogP contribution in [0.4, 0.5) is 0 Å². The molecule has 0 radical (unpaired) electrons. The van der Waals surface area contributed by atoms with Gasteiger partial charge in [-0.25, -0.2) is 0 Å². The standard InChI is InChI=1S/C10H11N3O2S2/c1-7-3-4-9(16-7)8(14)5-13-6-11-12-10(13)17(2)15/h3-4,6H,5H2,1-2H3. The van der Waals surface area contributed by atoms with Crippen molar-refractivity contribution in [1.82, 2.24) is 14.8 Å². The molecule has 90 valence electrons. The number of nitrogens with zero attached hydrogens (tertiary/aromatic N) is 3. The Morgan fingerprint density at radius 3 is 2.88 bits per heavy atom. The summed E-state index contributed by atoms with van der Waals surface area (Å²) in [6.07, 6.45) is 2.94. The van der Waals surface area contributed by atoms with Gasteiger partial charge in [0.2, 0.25) is 5.16 Å². The normalized spacial score (nSPS) is 12.6. The summed E-state index contributed by atoms with van der Waals surface area (Å²) in [4.78, 5) is 13.7. The number of Topliss-reactive ketones (excluding diaryl/α,β-unsaturated/α-hetero) is 1. The molecule has 0 saturated heterocycles. The average molecular weight is 269 g/mol. The van der Waals surface area contributed by atoms with Gasteiger partial charge >= 0.3 is 0 Å².